The minimum Gasteiger partial charge on any atom is -0.366 e. The lowest BCUT2D eigenvalue weighted by Gasteiger charge is -2.37. The number of para-hydroxylation sites is 1. The quantitative estimate of drug-likeness (QED) is 0.651. The first-order chi connectivity index (χ1) is 13.8. The molecule has 1 amide bonds. The van der Waals surface area contributed by atoms with E-state index in [-0.39, 0.29) is 18.3 Å². The molecular formula is C20H24FN3O3S2. The lowest BCUT2D eigenvalue weighted by molar-refractivity contribution is -0.129. The van der Waals surface area contributed by atoms with Gasteiger partial charge in [0.25, 0.3) is 0 Å². The van der Waals surface area contributed by atoms with Crippen LogP contribution in [0.5, 0.6) is 0 Å². The fourth-order valence-electron chi connectivity index (χ4n) is 3.29. The van der Waals surface area contributed by atoms with Crippen LogP contribution in [0, 0.1) is 5.82 Å². The highest BCUT2D eigenvalue weighted by Crippen LogP contribution is 2.24. The van der Waals surface area contributed by atoms with E-state index in [1.807, 2.05) is 17.2 Å². The Morgan fingerprint density at radius 2 is 1.79 bits per heavy atom. The topological polar surface area (TPSA) is 60.9 Å². The van der Waals surface area contributed by atoms with Crippen LogP contribution in [0.25, 0.3) is 0 Å². The molecule has 6 nitrogen and oxygen atoms in total. The first-order valence-electron chi connectivity index (χ1n) is 9.18. The molecular weight excluding hydrogens is 413 g/mol. The number of thioether (sulfide) groups is 1. The molecule has 0 aromatic heterocycles. The van der Waals surface area contributed by atoms with Crippen LogP contribution in [0.1, 0.15) is 0 Å². The Bertz CT molecular complexity index is 976. The van der Waals surface area contributed by atoms with Crippen LogP contribution in [-0.2, 0) is 14.8 Å². The lowest BCUT2D eigenvalue weighted by atomic mass is 10.2. The number of benzene rings is 2. The molecule has 0 spiro atoms. The molecule has 156 valence electrons. The number of hydrogen-bond donors (Lipinski definition) is 0. The average Bonchev–Trinajstić information content (AvgIpc) is 2.71. The van der Waals surface area contributed by atoms with Gasteiger partial charge in [0.1, 0.15) is 12.4 Å². The maximum atomic E-state index is 14.0. The lowest BCUT2D eigenvalue weighted by Crippen LogP contribution is -2.52. The van der Waals surface area contributed by atoms with Crippen molar-refractivity contribution in [2.75, 3.05) is 54.4 Å². The molecule has 0 unspecified atom stereocenters. The zero-order chi connectivity index (χ0) is 21.0. The SMILES string of the molecule is CSc1cccc(N(CC(=O)N2CCN(c3ccccc3F)CC2)S(C)(=O)=O)c1. The summed E-state index contributed by atoms with van der Waals surface area (Å²) >= 11 is 1.50. The Morgan fingerprint density at radius 3 is 2.41 bits per heavy atom. The number of piperazine rings is 1. The van der Waals surface area contributed by atoms with Gasteiger partial charge in [-0.25, -0.2) is 12.8 Å². The highest BCUT2D eigenvalue weighted by Gasteiger charge is 2.27. The number of halogens is 1. The van der Waals surface area contributed by atoms with Crippen LogP contribution in [0.2, 0.25) is 0 Å². The van der Waals surface area contributed by atoms with Crippen molar-refractivity contribution in [3.05, 3.63) is 54.3 Å². The molecule has 1 aliphatic rings. The maximum Gasteiger partial charge on any atom is 0.243 e. The van der Waals surface area contributed by atoms with Gasteiger partial charge in [0, 0.05) is 31.1 Å². The zero-order valence-electron chi connectivity index (χ0n) is 16.4. The van der Waals surface area contributed by atoms with Gasteiger partial charge in [0.15, 0.2) is 0 Å². The fourth-order valence-corrected chi connectivity index (χ4v) is 4.59. The van der Waals surface area contributed by atoms with E-state index in [1.54, 1.807) is 41.3 Å². The predicted molar refractivity (Wildman–Crippen MR) is 116 cm³/mol. The molecule has 0 radical (unpaired) electrons. The first-order valence-corrected chi connectivity index (χ1v) is 12.3. The van der Waals surface area contributed by atoms with Crippen molar-refractivity contribution in [1.29, 1.82) is 0 Å². The van der Waals surface area contributed by atoms with Crippen molar-refractivity contribution in [1.82, 2.24) is 4.90 Å². The van der Waals surface area contributed by atoms with Gasteiger partial charge in [-0.05, 0) is 36.6 Å². The summed E-state index contributed by atoms with van der Waals surface area (Å²) in [5.41, 5.74) is 0.990. The summed E-state index contributed by atoms with van der Waals surface area (Å²) in [6.07, 6.45) is 3.01. The Morgan fingerprint density at radius 1 is 1.10 bits per heavy atom. The van der Waals surface area contributed by atoms with Crippen LogP contribution >= 0.6 is 11.8 Å². The van der Waals surface area contributed by atoms with Gasteiger partial charge in [-0.15, -0.1) is 11.8 Å². The van der Waals surface area contributed by atoms with Gasteiger partial charge in [-0.2, -0.15) is 0 Å². The highest BCUT2D eigenvalue weighted by molar-refractivity contribution is 7.98. The Hall–Kier alpha value is -2.26. The molecule has 1 fully saturated rings. The monoisotopic (exact) mass is 437 g/mol. The summed E-state index contributed by atoms with van der Waals surface area (Å²) in [5.74, 6) is -0.553. The van der Waals surface area contributed by atoms with Crippen molar-refractivity contribution in [3.8, 4) is 0 Å². The maximum absolute atomic E-state index is 14.0. The Labute approximate surface area is 175 Å². The number of amides is 1. The van der Waals surface area contributed by atoms with E-state index in [2.05, 4.69) is 0 Å². The van der Waals surface area contributed by atoms with Gasteiger partial charge in [0.2, 0.25) is 15.9 Å². The number of nitrogens with zero attached hydrogens (tertiary/aromatic N) is 3. The molecule has 0 aliphatic carbocycles. The Kier molecular flexibility index (Phi) is 6.69. The summed E-state index contributed by atoms with van der Waals surface area (Å²) in [5, 5.41) is 0. The molecule has 0 bridgehead atoms. The molecule has 29 heavy (non-hydrogen) atoms. The van der Waals surface area contributed by atoms with E-state index >= 15 is 0 Å². The van der Waals surface area contributed by atoms with Crippen LogP contribution in [0.4, 0.5) is 15.8 Å². The van der Waals surface area contributed by atoms with Crippen molar-refractivity contribution in [3.63, 3.8) is 0 Å². The van der Waals surface area contributed by atoms with Crippen molar-refractivity contribution >= 4 is 39.1 Å². The summed E-state index contributed by atoms with van der Waals surface area (Å²) in [4.78, 5) is 17.3. The third kappa shape index (κ3) is 5.22. The van der Waals surface area contributed by atoms with Gasteiger partial charge >= 0.3 is 0 Å². The minimum atomic E-state index is -3.62. The van der Waals surface area contributed by atoms with E-state index in [0.29, 0.717) is 37.6 Å². The molecule has 9 heteroatoms. The molecule has 3 rings (SSSR count). The number of rotatable bonds is 6. The van der Waals surface area contributed by atoms with Crippen LogP contribution in [0.15, 0.2) is 53.4 Å². The largest absolute Gasteiger partial charge is 0.366 e. The van der Waals surface area contributed by atoms with Gasteiger partial charge in [-0.3, -0.25) is 9.10 Å². The van der Waals surface area contributed by atoms with Gasteiger partial charge in [0.05, 0.1) is 17.6 Å². The van der Waals surface area contributed by atoms with Crippen LogP contribution < -0.4 is 9.21 Å². The summed E-state index contributed by atoms with van der Waals surface area (Å²) in [6, 6.07) is 13.7. The van der Waals surface area contributed by atoms with Gasteiger partial charge < -0.3 is 9.80 Å². The molecule has 2 aromatic carbocycles. The number of sulfonamides is 1. The van der Waals surface area contributed by atoms with E-state index in [4.69, 9.17) is 0 Å². The summed E-state index contributed by atoms with van der Waals surface area (Å²) in [7, 11) is -3.62. The summed E-state index contributed by atoms with van der Waals surface area (Å²) < 4.78 is 39.8. The highest BCUT2D eigenvalue weighted by atomic mass is 32.2. The number of anilines is 2. The molecule has 2 aromatic rings. The van der Waals surface area contributed by atoms with E-state index in [9.17, 15) is 17.6 Å². The molecule has 1 heterocycles. The molecule has 1 saturated heterocycles. The second-order valence-electron chi connectivity index (χ2n) is 6.79. The predicted octanol–water partition coefficient (Wildman–Crippen LogP) is 2.66. The smallest absolute Gasteiger partial charge is 0.243 e. The first kappa shape index (κ1) is 21.4. The third-order valence-corrected chi connectivity index (χ3v) is 6.71. The second kappa shape index (κ2) is 9.04. The molecule has 0 N–H and O–H groups in total. The van der Waals surface area contributed by atoms with Crippen LogP contribution in [0.3, 0.4) is 0 Å². The molecule has 0 saturated carbocycles. The Balaban J connectivity index is 1.69. The number of hydrogen-bond acceptors (Lipinski definition) is 5. The van der Waals surface area contributed by atoms with Crippen molar-refractivity contribution < 1.29 is 17.6 Å². The normalized spacial score (nSPS) is 14.7. The fraction of sp³-hybridized carbons (Fsp3) is 0.350. The van der Waals surface area contributed by atoms with Gasteiger partial charge in [-0.1, -0.05) is 18.2 Å². The zero-order valence-corrected chi connectivity index (χ0v) is 18.0. The van der Waals surface area contributed by atoms with Crippen LogP contribution in [-0.4, -0.2) is 64.5 Å². The number of carbonyl (C=O) groups excluding carboxylic acids is 1. The van der Waals surface area contributed by atoms with E-state index < -0.39 is 10.0 Å². The number of carbonyl (C=O) groups is 1. The van der Waals surface area contributed by atoms with Crippen molar-refractivity contribution in [2.24, 2.45) is 0 Å². The average molecular weight is 438 g/mol. The third-order valence-electron chi connectivity index (χ3n) is 4.85. The van der Waals surface area contributed by atoms with Crippen molar-refractivity contribution in [2.45, 2.75) is 4.90 Å². The standard InChI is InChI=1S/C20H24FN3O3S2/c1-28-17-7-5-6-16(14-17)24(29(2,26)27)15-20(25)23-12-10-22(11-13-23)19-9-4-3-8-18(19)21/h3-9,14H,10-13,15H2,1-2H3. The van der Waals surface area contributed by atoms with E-state index in [0.717, 1.165) is 15.5 Å². The molecule has 1 aliphatic heterocycles. The summed E-state index contributed by atoms with van der Waals surface area (Å²) in [6.45, 7) is 1.56. The molecule has 0 atom stereocenters. The second-order valence-corrected chi connectivity index (χ2v) is 9.58. The van der Waals surface area contributed by atoms with E-state index in [1.165, 1.54) is 17.8 Å². The minimum absolute atomic E-state index is 0.254.